The van der Waals surface area contributed by atoms with Gasteiger partial charge in [0.1, 0.15) is 13.2 Å². The molecule has 0 fully saturated rings. The molecule has 0 aliphatic carbocycles. The Balaban J connectivity index is 1.57. The number of benzene rings is 1. The fourth-order valence-electron chi connectivity index (χ4n) is 2.34. The summed E-state index contributed by atoms with van der Waals surface area (Å²) in [5.74, 6) is -0.232. The number of amides is 1. The number of hydrogen-bond acceptors (Lipinski definition) is 6. The van der Waals surface area contributed by atoms with E-state index in [4.69, 9.17) is 25.8 Å². The molecule has 0 saturated heterocycles. The van der Waals surface area contributed by atoms with Crippen LogP contribution in [-0.2, 0) is 9.53 Å². The molecule has 0 bridgehead atoms. The number of thiophene rings is 1. The van der Waals surface area contributed by atoms with Gasteiger partial charge in [-0.2, -0.15) is 0 Å². The molecule has 1 aliphatic heterocycles. The standard InChI is InChI=1S/C17H16ClNO5S/c1-10(14-3-2-6-25-14)19-15(20)9-24-17(21)11-7-12(18)16-13(8-11)22-4-5-23-16/h2-3,6-8,10H,4-5,9H2,1H3,(H,19,20). The zero-order valence-electron chi connectivity index (χ0n) is 13.4. The van der Waals surface area contributed by atoms with Gasteiger partial charge in [-0.15, -0.1) is 11.3 Å². The van der Waals surface area contributed by atoms with Crippen molar-refractivity contribution in [2.24, 2.45) is 0 Å². The van der Waals surface area contributed by atoms with Gasteiger partial charge >= 0.3 is 5.97 Å². The first kappa shape index (κ1) is 17.6. The van der Waals surface area contributed by atoms with Crippen molar-refractivity contribution in [1.29, 1.82) is 0 Å². The van der Waals surface area contributed by atoms with Gasteiger partial charge in [-0.05, 0) is 30.5 Å². The SMILES string of the molecule is CC(NC(=O)COC(=O)c1cc(Cl)c2c(c1)OCCO2)c1cccs1. The van der Waals surface area contributed by atoms with Crippen LogP contribution in [0.25, 0.3) is 0 Å². The van der Waals surface area contributed by atoms with E-state index in [1.807, 2.05) is 24.4 Å². The average Bonchev–Trinajstić information content (AvgIpc) is 3.14. The summed E-state index contributed by atoms with van der Waals surface area (Å²) in [5, 5.41) is 4.97. The fourth-order valence-corrected chi connectivity index (χ4v) is 3.33. The number of carbonyl (C=O) groups excluding carboxylic acids is 2. The van der Waals surface area contributed by atoms with Crippen LogP contribution in [0.2, 0.25) is 5.02 Å². The smallest absolute Gasteiger partial charge is 0.338 e. The van der Waals surface area contributed by atoms with Crippen LogP contribution in [-0.4, -0.2) is 31.7 Å². The maximum Gasteiger partial charge on any atom is 0.338 e. The Labute approximate surface area is 153 Å². The van der Waals surface area contributed by atoms with Crippen molar-refractivity contribution in [1.82, 2.24) is 5.32 Å². The number of esters is 1. The molecule has 3 rings (SSSR count). The first-order chi connectivity index (χ1) is 12.0. The molecule has 1 aliphatic rings. The zero-order valence-corrected chi connectivity index (χ0v) is 15.0. The normalized spacial score (nSPS) is 13.8. The van der Waals surface area contributed by atoms with E-state index < -0.39 is 5.97 Å². The molecule has 132 valence electrons. The highest BCUT2D eigenvalue weighted by Gasteiger charge is 2.20. The molecule has 6 nitrogen and oxygen atoms in total. The molecular weight excluding hydrogens is 366 g/mol. The predicted octanol–water partition coefficient (Wildman–Crippen LogP) is 3.21. The van der Waals surface area contributed by atoms with Crippen LogP contribution in [0, 0.1) is 0 Å². The third-order valence-corrected chi connectivity index (χ3v) is 4.85. The predicted molar refractivity (Wildman–Crippen MR) is 93.6 cm³/mol. The largest absolute Gasteiger partial charge is 0.486 e. The minimum Gasteiger partial charge on any atom is -0.486 e. The molecule has 2 heterocycles. The highest BCUT2D eigenvalue weighted by Crippen LogP contribution is 2.38. The number of ether oxygens (including phenoxy) is 3. The molecule has 1 aromatic carbocycles. The first-order valence-electron chi connectivity index (χ1n) is 7.63. The molecule has 1 atom stereocenters. The molecule has 1 amide bonds. The van der Waals surface area contributed by atoms with Gasteiger partial charge in [0.2, 0.25) is 0 Å². The summed E-state index contributed by atoms with van der Waals surface area (Å²) < 4.78 is 15.9. The monoisotopic (exact) mass is 381 g/mol. The number of fused-ring (bicyclic) bond motifs is 1. The first-order valence-corrected chi connectivity index (χ1v) is 8.89. The molecule has 25 heavy (non-hydrogen) atoms. The van der Waals surface area contributed by atoms with Gasteiger partial charge in [-0.25, -0.2) is 4.79 Å². The lowest BCUT2D eigenvalue weighted by molar-refractivity contribution is -0.124. The van der Waals surface area contributed by atoms with Crippen molar-refractivity contribution in [3.8, 4) is 11.5 Å². The Morgan fingerprint density at radius 2 is 2.16 bits per heavy atom. The van der Waals surface area contributed by atoms with Crippen LogP contribution in [0.1, 0.15) is 28.2 Å². The van der Waals surface area contributed by atoms with Crippen molar-refractivity contribution >= 4 is 34.8 Å². The summed E-state index contributed by atoms with van der Waals surface area (Å²) in [4.78, 5) is 25.1. The number of halogens is 1. The van der Waals surface area contributed by atoms with Crippen LogP contribution < -0.4 is 14.8 Å². The minimum atomic E-state index is -0.655. The second kappa shape index (κ2) is 7.76. The third-order valence-electron chi connectivity index (χ3n) is 3.51. The van der Waals surface area contributed by atoms with Crippen molar-refractivity contribution in [2.45, 2.75) is 13.0 Å². The summed E-state index contributed by atoms with van der Waals surface area (Å²) in [6.07, 6.45) is 0. The molecule has 0 radical (unpaired) electrons. The number of hydrogen-bond donors (Lipinski definition) is 1. The van der Waals surface area contributed by atoms with Crippen LogP contribution in [0.3, 0.4) is 0 Å². The van der Waals surface area contributed by atoms with Gasteiger partial charge < -0.3 is 19.5 Å². The topological polar surface area (TPSA) is 73.9 Å². The van der Waals surface area contributed by atoms with Crippen molar-refractivity contribution in [3.05, 3.63) is 45.1 Å². The highest BCUT2D eigenvalue weighted by molar-refractivity contribution is 7.10. The van der Waals surface area contributed by atoms with E-state index in [-0.39, 0.29) is 29.1 Å². The van der Waals surface area contributed by atoms with Gasteiger partial charge in [0.25, 0.3) is 5.91 Å². The summed E-state index contributed by atoms with van der Waals surface area (Å²) in [6.45, 7) is 2.27. The van der Waals surface area contributed by atoms with Crippen molar-refractivity contribution in [3.63, 3.8) is 0 Å². The quantitative estimate of drug-likeness (QED) is 0.805. The Kier molecular flexibility index (Phi) is 5.45. The van der Waals surface area contributed by atoms with Crippen LogP contribution >= 0.6 is 22.9 Å². The third kappa shape index (κ3) is 4.24. The van der Waals surface area contributed by atoms with Gasteiger partial charge in [-0.3, -0.25) is 4.79 Å². The zero-order chi connectivity index (χ0) is 17.8. The van der Waals surface area contributed by atoms with E-state index in [0.717, 1.165) is 4.88 Å². The lowest BCUT2D eigenvalue weighted by Gasteiger charge is -2.20. The van der Waals surface area contributed by atoms with Gasteiger partial charge in [0.05, 0.1) is 16.6 Å². The van der Waals surface area contributed by atoms with E-state index in [0.29, 0.717) is 24.7 Å². The molecule has 0 spiro atoms. The highest BCUT2D eigenvalue weighted by atomic mass is 35.5. The number of nitrogens with one attached hydrogen (secondary N) is 1. The molecule has 2 aromatic rings. The molecule has 1 unspecified atom stereocenters. The van der Waals surface area contributed by atoms with E-state index in [9.17, 15) is 9.59 Å². The Hall–Kier alpha value is -2.25. The molecule has 8 heteroatoms. The van der Waals surface area contributed by atoms with E-state index in [1.165, 1.54) is 12.1 Å². The van der Waals surface area contributed by atoms with E-state index in [2.05, 4.69) is 5.32 Å². The minimum absolute atomic E-state index is 0.144. The summed E-state index contributed by atoms with van der Waals surface area (Å²) in [7, 11) is 0. The molecule has 0 saturated carbocycles. The second-order valence-corrected chi connectivity index (χ2v) is 6.75. The van der Waals surface area contributed by atoms with Gasteiger partial charge in [0, 0.05) is 4.88 Å². The maximum absolute atomic E-state index is 12.1. The van der Waals surface area contributed by atoms with E-state index in [1.54, 1.807) is 11.3 Å². The van der Waals surface area contributed by atoms with E-state index >= 15 is 0 Å². The van der Waals surface area contributed by atoms with Crippen molar-refractivity contribution < 1.29 is 23.8 Å². The lowest BCUT2D eigenvalue weighted by Crippen LogP contribution is -2.30. The fraction of sp³-hybridized carbons (Fsp3) is 0.294. The Morgan fingerprint density at radius 1 is 1.36 bits per heavy atom. The second-order valence-electron chi connectivity index (χ2n) is 5.36. The Morgan fingerprint density at radius 3 is 2.92 bits per heavy atom. The molecule has 1 N–H and O–H groups in total. The van der Waals surface area contributed by atoms with Gasteiger partial charge in [0.15, 0.2) is 18.1 Å². The molecular formula is C17H16ClNO5S. The lowest BCUT2D eigenvalue weighted by atomic mass is 10.2. The number of carbonyl (C=O) groups is 2. The summed E-state index contributed by atoms with van der Waals surface area (Å²) >= 11 is 7.64. The maximum atomic E-state index is 12.1. The van der Waals surface area contributed by atoms with Crippen LogP contribution in [0.5, 0.6) is 11.5 Å². The van der Waals surface area contributed by atoms with Crippen LogP contribution in [0.15, 0.2) is 29.6 Å². The van der Waals surface area contributed by atoms with Crippen molar-refractivity contribution in [2.75, 3.05) is 19.8 Å². The summed E-state index contributed by atoms with van der Waals surface area (Å²) in [5.41, 5.74) is 0.202. The van der Waals surface area contributed by atoms with Gasteiger partial charge in [-0.1, -0.05) is 17.7 Å². The number of rotatable bonds is 5. The molecule has 1 aromatic heterocycles. The summed E-state index contributed by atoms with van der Waals surface area (Å²) in [6, 6.07) is 6.63. The van der Waals surface area contributed by atoms with Crippen LogP contribution in [0.4, 0.5) is 0 Å². The average molecular weight is 382 g/mol. The Bertz CT molecular complexity index is 778.